The van der Waals surface area contributed by atoms with Gasteiger partial charge in [-0.25, -0.2) is 0 Å². The first-order valence-corrected chi connectivity index (χ1v) is 5.58. The van der Waals surface area contributed by atoms with Crippen molar-refractivity contribution in [1.82, 2.24) is 10.2 Å². The minimum absolute atomic E-state index is 0.407. The van der Waals surface area contributed by atoms with Gasteiger partial charge in [0.25, 0.3) is 0 Å². The zero-order chi connectivity index (χ0) is 11.3. The lowest BCUT2D eigenvalue weighted by atomic mass is 10.0. The third-order valence-electron chi connectivity index (χ3n) is 2.49. The summed E-state index contributed by atoms with van der Waals surface area (Å²) in [6.45, 7) is 1.08. The molecular weight excluding hydrogens is 208 g/mol. The maximum Gasteiger partial charge on any atom is 0.0406 e. The lowest BCUT2D eigenvalue weighted by Crippen LogP contribution is -2.22. The van der Waals surface area contributed by atoms with E-state index < -0.39 is 0 Å². The van der Waals surface area contributed by atoms with Crippen molar-refractivity contribution in [3.8, 4) is 0 Å². The third-order valence-corrected chi connectivity index (χ3v) is 2.74. The molecule has 3 heteroatoms. The molecule has 15 heavy (non-hydrogen) atoms. The normalized spacial score (nSPS) is 13.1. The number of hydrogen-bond acceptors (Lipinski definition) is 2. The molecule has 1 atom stereocenters. The number of nitrogens with zero attached hydrogens (tertiary/aromatic N) is 1. The van der Waals surface area contributed by atoms with Gasteiger partial charge in [-0.3, -0.25) is 0 Å². The molecule has 0 saturated carbocycles. The van der Waals surface area contributed by atoms with Crippen LogP contribution in [0.3, 0.4) is 0 Å². The highest BCUT2D eigenvalue weighted by Gasteiger charge is 2.08. The van der Waals surface area contributed by atoms with E-state index in [1.165, 1.54) is 5.56 Å². The molecule has 0 spiro atoms. The molecule has 0 fully saturated rings. The van der Waals surface area contributed by atoms with Crippen LogP contribution in [-0.4, -0.2) is 32.6 Å². The minimum Gasteiger partial charge on any atom is -0.313 e. The summed E-state index contributed by atoms with van der Waals surface area (Å²) in [6, 6.07) is 8.45. The fourth-order valence-electron chi connectivity index (χ4n) is 1.56. The summed E-state index contributed by atoms with van der Waals surface area (Å²) in [5.41, 5.74) is 1.30. The van der Waals surface area contributed by atoms with Gasteiger partial charge in [0.05, 0.1) is 0 Å². The Kier molecular flexibility index (Phi) is 5.09. The lowest BCUT2D eigenvalue weighted by molar-refractivity contribution is 0.368. The fourth-order valence-corrected chi connectivity index (χ4v) is 1.69. The molecule has 0 aliphatic rings. The van der Waals surface area contributed by atoms with Crippen molar-refractivity contribution in [3.05, 3.63) is 34.9 Å². The fraction of sp³-hybridized carbons (Fsp3) is 0.500. The van der Waals surface area contributed by atoms with E-state index in [2.05, 4.69) is 36.4 Å². The predicted molar refractivity (Wildman–Crippen MR) is 66.4 cm³/mol. The van der Waals surface area contributed by atoms with Crippen LogP contribution in [0.5, 0.6) is 0 Å². The molecule has 0 aromatic heterocycles. The van der Waals surface area contributed by atoms with Gasteiger partial charge < -0.3 is 10.2 Å². The second-order valence-corrected chi connectivity index (χ2v) is 4.42. The van der Waals surface area contributed by atoms with Gasteiger partial charge in [-0.15, -0.1) is 0 Å². The topological polar surface area (TPSA) is 15.3 Å². The Morgan fingerprint density at radius 3 is 2.33 bits per heavy atom. The number of halogens is 1. The Morgan fingerprint density at radius 1 is 1.27 bits per heavy atom. The van der Waals surface area contributed by atoms with E-state index in [0.717, 1.165) is 18.0 Å². The quantitative estimate of drug-likeness (QED) is 0.830. The lowest BCUT2D eigenvalue weighted by Gasteiger charge is -2.19. The first kappa shape index (κ1) is 12.5. The van der Waals surface area contributed by atoms with Crippen molar-refractivity contribution in [1.29, 1.82) is 0 Å². The Bertz CT molecular complexity index is 282. The summed E-state index contributed by atoms with van der Waals surface area (Å²) in [7, 11) is 6.18. The van der Waals surface area contributed by atoms with E-state index in [1.807, 2.05) is 19.2 Å². The Labute approximate surface area is 97.2 Å². The van der Waals surface area contributed by atoms with E-state index in [9.17, 15) is 0 Å². The van der Waals surface area contributed by atoms with Crippen LogP contribution in [0.15, 0.2) is 24.3 Å². The standard InChI is InChI=1S/C12H19ClN2/c1-14-12(8-9-15(2)3)10-4-6-11(13)7-5-10/h4-7,12,14H,8-9H2,1-3H3. The molecule has 0 radical (unpaired) electrons. The van der Waals surface area contributed by atoms with Crippen molar-refractivity contribution in [2.45, 2.75) is 12.5 Å². The number of nitrogens with one attached hydrogen (secondary N) is 1. The molecule has 2 nitrogen and oxygen atoms in total. The van der Waals surface area contributed by atoms with Gasteiger partial charge in [-0.2, -0.15) is 0 Å². The number of rotatable bonds is 5. The van der Waals surface area contributed by atoms with Crippen LogP contribution in [0, 0.1) is 0 Å². The van der Waals surface area contributed by atoms with Crippen molar-refractivity contribution in [3.63, 3.8) is 0 Å². The molecule has 1 rings (SSSR count). The van der Waals surface area contributed by atoms with Crippen LogP contribution in [0.2, 0.25) is 5.02 Å². The number of benzene rings is 1. The summed E-state index contributed by atoms with van der Waals surface area (Å²) >= 11 is 5.86. The highest BCUT2D eigenvalue weighted by Crippen LogP contribution is 2.18. The zero-order valence-corrected chi connectivity index (χ0v) is 10.4. The second-order valence-electron chi connectivity index (χ2n) is 3.98. The molecule has 0 aliphatic heterocycles. The van der Waals surface area contributed by atoms with E-state index in [1.54, 1.807) is 0 Å². The first-order chi connectivity index (χ1) is 7.13. The molecule has 0 aliphatic carbocycles. The monoisotopic (exact) mass is 226 g/mol. The van der Waals surface area contributed by atoms with Crippen molar-refractivity contribution < 1.29 is 0 Å². The van der Waals surface area contributed by atoms with Gasteiger partial charge in [0.1, 0.15) is 0 Å². The molecule has 1 N–H and O–H groups in total. The van der Waals surface area contributed by atoms with Crippen LogP contribution < -0.4 is 5.32 Å². The largest absolute Gasteiger partial charge is 0.313 e. The van der Waals surface area contributed by atoms with Gasteiger partial charge in [-0.1, -0.05) is 23.7 Å². The molecule has 1 aromatic carbocycles. The average Bonchev–Trinajstić information content (AvgIpc) is 2.21. The molecule has 0 heterocycles. The first-order valence-electron chi connectivity index (χ1n) is 5.21. The maximum absolute atomic E-state index is 5.86. The van der Waals surface area contributed by atoms with Crippen molar-refractivity contribution in [2.24, 2.45) is 0 Å². The molecule has 0 saturated heterocycles. The van der Waals surface area contributed by atoms with Crippen molar-refractivity contribution in [2.75, 3.05) is 27.7 Å². The zero-order valence-electron chi connectivity index (χ0n) is 9.63. The summed E-state index contributed by atoms with van der Waals surface area (Å²) < 4.78 is 0. The SMILES string of the molecule is CNC(CCN(C)C)c1ccc(Cl)cc1. The summed E-state index contributed by atoms with van der Waals surface area (Å²) in [5.74, 6) is 0. The second kappa shape index (κ2) is 6.11. The Morgan fingerprint density at radius 2 is 1.87 bits per heavy atom. The summed E-state index contributed by atoms with van der Waals surface area (Å²) in [4.78, 5) is 2.19. The van der Waals surface area contributed by atoms with Crippen LogP contribution in [-0.2, 0) is 0 Å². The maximum atomic E-state index is 5.86. The van der Waals surface area contributed by atoms with Crippen LogP contribution in [0.4, 0.5) is 0 Å². The third kappa shape index (κ3) is 4.20. The van der Waals surface area contributed by atoms with E-state index in [-0.39, 0.29) is 0 Å². The predicted octanol–water partition coefficient (Wildman–Crippen LogP) is 2.55. The average molecular weight is 227 g/mol. The van der Waals surface area contributed by atoms with Gasteiger partial charge >= 0.3 is 0 Å². The molecule has 84 valence electrons. The molecule has 1 aromatic rings. The van der Waals surface area contributed by atoms with E-state index in [0.29, 0.717) is 6.04 Å². The Balaban J connectivity index is 2.61. The van der Waals surface area contributed by atoms with Crippen LogP contribution in [0.1, 0.15) is 18.0 Å². The van der Waals surface area contributed by atoms with E-state index >= 15 is 0 Å². The Hall–Kier alpha value is -0.570. The summed E-state index contributed by atoms with van der Waals surface area (Å²) in [6.07, 6.45) is 1.10. The van der Waals surface area contributed by atoms with Crippen molar-refractivity contribution >= 4 is 11.6 Å². The van der Waals surface area contributed by atoms with Gasteiger partial charge in [0.2, 0.25) is 0 Å². The summed E-state index contributed by atoms with van der Waals surface area (Å²) in [5, 5.41) is 4.12. The highest BCUT2D eigenvalue weighted by atomic mass is 35.5. The van der Waals surface area contributed by atoms with Gasteiger partial charge in [0.15, 0.2) is 0 Å². The molecular formula is C12H19ClN2. The molecule has 0 bridgehead atoms. The van der Waals surface area contributed by atoms with E-state index in [4.69, 9.17) is 11.6 Å². The minimum atomic E-state index is 0.407. The van der Waals surface area contributed by atoms with Gasteiger partial charge in [0, 0.05) is 11.1 Å². The smallest absolute Gasteiger partial charge is 0.0406 e. The molecule has 0 amide bonds. The van der Waals surface area contributed by atoms with Crippen LogP contribution >= 0.6 is 11.6 Å². The highest BCUT2D eigenvalue weighted by molar-refractivity contribution is 6.30. The molecule has 1 unspecified atom stereocenters. The number of hydrogen-bond donors (Lipinski definition) is 1. The van der Waals surface area contributed by atoms with Crippen LogP contribution in [0.25, 0.3) is 0 Å². The van der Waals surface area contributed by atoms with Gasteiger partial charge in [-0.05, 0) is 51.8 Å².